The number of anilines is 2. The van der Waals surface area contributed by atoms with Gasteiger partial charge in [0.2, 0.25) is 0 Å². The highest BCUT2D eigenvalue weighted by Gasteiger charge is 2.43. The van der Waals surface area contributed by atoms with Crippen molar-refractivity contribution in [3.05, 3.63) is 169 Å². The zero-order chi connectivity index (χ0) is 33.5. The number of fused-ring (bicyclic) bond motifs is 10. The van der Waals surface area contributed by atoms with Crippen molar-refractivity contribution in [1.82, 2.24) is 15.0 Å². The quantitative estimate of drug-likeness (QED) is 0.188. The summed E-state index contributed by atoms with van der Waals surface area (Å²) in [5.74, 6) is 2.80. The molecule has 1 aliphatic heterocycles. The van der Waals surface area contributed by atoms with Crippen molar-refractivity contribution in [3.63, 3.8) is 0 Å². The van der Waals surface area contributed by atoms with E-state index in [2.05, 4.69) is 102 Å². The van der Waals surface area contributed by atoms with Gasteiger partial charge in [-0.15, -0.1) is 0 Å². The predicted molar refractivity (Wildman–Crippen MR) is 203 cm³/mol. The highest BCUT2D eigenvalue weighted by molar-refractivity contribution is 6.11. The molecule has 2 atom stereocenters. The number of benzene rings is 6. The maximum Gasteiger partial charge on any atom is 0.164 e. The third kappa shape index (κ3) is 4.26. The van der Waals surface area contributed by atoms with Crippen LogP contribution in [0.4, 0.5) is 11.4 Å². The van der Waals surface area contributed by atoms with Gasteiger partial charge < -0.3 is 13.7 Å². The summed E-state index contributed by atoms with van der Waals surface area (Å²) in [5.41, 5.74) is 10.0. The molecule has 6 nitrogen and oxygen atoms in total. The van der Waals surface area contributed by atoms with Crippen LogP contribution < -0.4 is 4.90 Å². The number of nitrogens with zero attached hydrogens (tertiary/aromatic N) is 4. The predicted octanol–water partition coefficient (Wildman–Crippen LogP) is 11.2. The van der Waals surface area contributed by atoms with E-state index in [1.54, 1.807) is 0 Å². The Labute approximate surface area is 293 Å². The van der Waals surface area contributed by atoms with E-state index in [1.165, 1.54) is 22.5 Å². The molecule has 0 N–H and O–H groups in total. The maximum atomic E-state index is 6.65. The fourth-order valence-corrected chi connectivity index (χ4v) is 8.09. The standard InChI is InChI=1S/C45H28N4O2/c1-3-12-27(13-4-1)43-46-44(48-45(47-43)33-18-11-21-37-40(33)31-17-8-10-20-36(31)50-37)28-22-23-32-39(26-28)51-38-25-24-35-41(42(32)38)30-16-7-9-19-34(30)49(35)29-14-5-2-6-15-29/h1-26,35,41H. The smallest absolute Gasteiger partial charge is 0.164 e. The van der Waals surface area contributed by atoms with Crippen LogP contribution in [0.3, 0.4) is 0 Å². The summed E-state index contributed by atoms with van der Waals surface area (Å²) in [6.07, 6.45) is 4.43. The number of aromatic nitrogens is 3. The van der Waals surface area contributed by atoms with Crippen molar-refractivity contribution >= 4 is 50.4 Å². The van der Waals surface area contributed by atoms with E-state index in [-0.39, 0.29) is 12.0 Å². The molecule has 0 amide bonds. The highest BCUT2D eigenvalue weighted by atomic mass is 16.3. The fraction of sp³-hybridized carbons (Fsp3) is 0.0444. The molecule has 3 aromatic heterocycles. The van der Waals surface area contributed by atoms with Crippen molar-refractivity contribution in [2.45, 2.75) is 12.0 Å². The van der Waals surface area contributed by atoms with Gasteiger partial charge in [-0.1, -0.05) is 115 Å². The lowest BCUT2D eigenvalue weighted by atomic mass is 9.82. The largest absolute Gasteiger partial charge is 0.456 e. The Morgan fingerprint density at radius 2 is 1.25 bits per heavy atom. The van der Waals surface area contributed by atoms with Gasteiger partial charge in [-0.25, -0.2) is 15.0 Å². The number of rotatable bonds is 4. The summed E-state index contributed by atoms with van der Waals surface area (Å²) >= 11 is 0. The van der Waals surface area contributed by atoms with Gasteiger partial charge in [0, 0.05) is 55.7 Å². The van der Waals surface area contributed by atoms with Crippen LogP contribution in [0.1, 0.15) is 22.8 Å². The van der Waals surface area contributed by atoms with Crippen molar-refractivity contribution in [1.29, 1.82) is 0 Å². The van der Waals surface area contributed by atoms with Crippen molar-refractivity contribution < 1.29 is 8.83 Å². The molecule has 0 spiro atoms. The third-order valence-corrected chi connectivity index (χ3v) is 10.3. The Bertz CT molecular complexity index is 2840. The summed E-state index contributed by atoms with van der Waals surface area (Å²) in [7, 11) is 0. The van der Waals surface area contributed by atoms with Gasteiger partial charge in [-0.05, 0) is 48.0 Å². The second-order valence-electron chi connectivity index (χ2n) is 13.1. The van der Waals surface area contributed by atoms with Gasteiger partial charge in [0.05, 0.1) is 6.04 Å². The molecule has 0 bridgehead atoms. The summed E-state index contributed by atoms with van der Waals surface area (Å²) in [6, 6.07) is 50.1. The van der Waals surface area contributed by atoms with Crippen LogP contribution in [0, 0.1) is 0 Å². The Morgan fingerprint density at radius 3 is 2.14 bits per heavy atom. The molecule has 2 unspecified atom stereocenters. The maximum absolute atomic E-state index is 6.65. The topological polar surface area (TPSA) is 68.2 Å². The number of hydrogen-bond acceptors (Lipinski definition) is 6. The summed E-state index contributed by atoms with van der Waals surface area (Å²) in [6.45, 7) is 0. The van der Waals surface area contributed by atoms with Crippen LogP contribution >= 0.6 is 0 Å². The monoisotopic (exact) mass is 656 g/mol. The lowest BCUT2D eigenvalue weighted by Gasteiger charge is -2.30. The third-order valence-electron chi connectivity index (χ3n) is 10.3. The molecule has 0 saturated heterocycles. The van der Waals surface area contributed by atoms with Gasteiger partial charge in [0.25, 0.3) is 0 Å². The summed E-state index contributed by atoms with van der Waals surface area (Å²) in [4.78, 5) is 17.7. The first kappa shape index (κ1) is 28.1. The molecule has 2 aliphatic rings. The average Bonchev–Trinajstić information content (AvgIpc) is 3.87. The van der Waals surface area contributed by atoms with Gasteiger partial charge in [-0.3, -0.25) is 0 Å². The van der Waals surface area contributed by atoms with E-state index in [0.29, 0.717) is 17.5 Å². The molecular formula is C45H28N4O2. The Morgan fingerprint density at radius 1 is 0.529 bits per heavy atom. The highest BCUT2D eigenvalue weighted by Crippen LogP contribution is 2.53. The van der Waals surface area contributed by atoms with Crippen LogP contribution in [0.2, 0.25) is 0 Å². The lowest BCUT2D eigenvalue weighted by Crippen LogP contribution is -2.30. The molecule has 9 aromatic rings. The second kappa shape index (κ2) is 10.9. The van der Waals surface area contributed by atoms with E-state index < -0.39 is 0 Å². The lowest BCUT2D eigenvalue weighted by molar-refractivity contribution is 0.584. The summed E-state index contributed by atoms with van der Waals surface area (Å²) in [5, 5.41) is 3.12. The first-order chi connectivity index (χ1) is 25.3. The van der Waals surface area contributed by atoms with Crippen LogP contribution in [0.15, 0.2) is 161 Å². The zero-order valence-electron chi connectivity index (χ0n) is 27.3. The SMILES string of the molecule is C1=CC2C(c3ccccc3N2c2ccccc2)c2c1oc1cc(-c3nc(-c4ccccc4)nc(-c4cccc5oc6ccccc6c45)n3)ccc21. The Balaban J connectivity index is 1.07. The second-order valence-corrected chi connectivity index (χ2v) is 13.1. The number of hydrogen-bond donors (Lipinski definition) is 0. The fourth-order valence-electron chi connectivity index (χ4n) is 8.09. The molecule has 0 saturated carbocycles. The minimum absolute atomic E-state index is 0.132. The van der Waals surface area contributed by atoms with Gasteiger partial charge >= 0.3 is 0 Å². The van der Waals surface area contributed by atoms with Gasteiger partial charge in [0.15, 0.2) is 17.5 Å². The average molecular weight is 657 g/mol. The molecule has 4 heterocycles. The number of para-hydroxylation sites is 3. The molecule has 51 heavy (non-hydrogen) atoms. The molecule has 0 radical (unpaired) electrons. The van der Waals surface area contributed by atoms with Crippen molar-refractivity contribution in [2.24, 2.45) is 0 Å². The van der Waals surface area contributed by atoms with E-state index >= 15 is 0 Å². The molecule has 0 fully saturated rings. The van der Waals surface area contributed by atoms with Crippen LogP contribution in [0.25, 0.3) is 73.1 Å². The van der Waals surface area contributed by atoms with Crippen molar-refractivity contribution in [3.8, 4) is 34.2 Å². The first-order valence-corrected chi connectivity index (χ1v) is 17.2. The van der Waals surface area contributed by atoms with Gasteiger partial charge in [-0.2, -0.15) is 0 Å². The molecule has 6 heteroatoms. The Kier molecular flexibility index (Phi) is 5.98. The molecule has 240 valence electrons. The number of furan rings is 2. The normalized spacial score (nSPS) is 16.1. The minimum atomic E-state index is 0.132. The van der Waals surface area contributed by atoms with Crippen LogP contribution in [-0.2, 0) is 0 Å². The van der Waals surface area contributed by atoms with E-state index in [9.17, 15) is 0 Å². The minimum Gasteiger partial charge on any atom is -0.456 e. The molecule has 6 aromatic carbocycles. The van der Waals surface area contributed by atoms with E-state index in [1.807, 2.05) is 60.7 Å². The Hall–Kier alpha value is -6.79. The van der Waals surface area contributed by atoms with Crippen LogP contribution in [0.5, 0.6) is 0 Å². The molecule has 11 rings (SSSR count). The zero-order valence-corrected chi connectivity index (χ0v) is 27.3. The van der Waals surface area contributed by atoms with Gasteiger partial charge in [0.1, 0.15) is 22.5 Å². The van der Waals surface area contributed by atoms with E-state index in [4.69, 9.17) is 23.8 Å². The molecule has 1 aliphatic carbocycles. The summed E-state index contributed by atoms with van der Waals surface area (Å²) < 4.78 is 12.9. The van der Waals surface area contributed by atoms with E-state index in [0.717, 1.165) is 55.4 Å². The molecular weight excluding hydrogens is 629 g/mol. The van der Waals surface area contributed by atoms with Crippen LogP contribution in [-0.4, -0.2) is 21.0 Å². The first-order valence-electron chi connectivity index (χ1n) is 17.2. The van der Waals surface area contributed by atoms with Crippen molar-refractivity contribution in [2.75, 3.05) is 4.90 Å².